The molecule has 1 aliphatic rings. The number of carbonyl (C=O) groups excluding carboxylic acids is 1. The molecule has 0 unspecified atom stereocenters. The van der Waals surface area contributed by atoms with Crippen molar-refractivity contribution in [2.75, 3.05) is 63.2 Å². The summed E-state index contributed by atoms with van der Waals surface area (Å²) in [6, 6.07) is 6.51. The van der Waals surface area contributed by atoms with Crippen LogP contribution in [-0.2, 0) is 4.79 Å². The van der Waals surface area contributed by atoms with Gasteiger partial charge in [0.1, 0.15) is 5.82 Å². The molecule has 0 bridgehead atoms. The van der Waals surface area contributed by atoms with Crippen molar-refractivity contribution in [3.05, 3.63) is 30.1 Å². The second-order valence-electron chi connectivity index (χ2n) is 6.01. The molecular weight excluding hydrogens is 480 g/mol. The standard InChI is InChI=1S/C18H28FN5OS.HI/c1-20-18(22-9-14-26-2)21-8-7-17(25)24-12-10-23(11-13-24)16-5-3-15(19)4-6-16;/h3-6H,7-14H2,1-2H3,(H2,20,21,22);1H. The van der Waals surface area contributed by atoms with Gasteiger partial charge in [0.15, 0.2) is 5.96 Å². The van der Waals surface area contributed by atoms with E-state index in [0.717, 1.165) is 37.0 Å². The highest BCUT2D eigenvalue weighted by atomic mass is 127. The Morgan fingerprint density at radius 3 is 2.37 bits per heavy atom. The average Bonchev–Trinajstić information content (AvgIpc) is 2.67. The molecule has 1 aromatic carbocycles. The SMILES string of the molecule is CN=C(NCCSC)NCCC(=O)N1CCN(c2ccc(F)cc2)CC1.I. The van der Waals surface area contributed by atoms with Gasteiger partial charge < -0.3 is 20.4 Å². The first kappa shape index (κ1) is 23.8. The van der Waals surface area contributed by atoms with Gasteiger partial charge in [0, 0.05) is 64.2 Å². The lowest BCUT2D eigenvalue weighted by Crippen LogP contribution is -2.49. The first-order valence-corrected chi connectivity index (χ1v) is 10.2. The Kier molecular flexibility index (Phi) is 11.5. The highest BCUT2D eigenvalue weighted by molar-refractivity contribution is 14.0. The summed E-state index contributed by atoms with van der Waals surface area (Å²) in [7, 11) is 1.73. The van der Waals surface area contributed by atoms with Gasteiger partial charge in [0.2, 0.25) is 5.91 Å². The molecule has 152 valence electrons. The first-order chi connectivity index (χ1) is 12.6. The van der Waals surface area contributed by atoms with E-state index in [1.807, 2.05) is 4.90 Å². The Morgan fingerprint density at radius 2 is 1.78 bits per heavy atom. The highest BCUT2D eigenvalue weighted by Gasteiger charge is 2.21. The van der Waals surface area contributed by atoms with Gasteiger partial charge >= 0.3 is 0 Å². The number of guanidine groups is 1. The van der Waals surface area contributed by atoms with Crippen LogP contribution in [0.3, 0.4) is 0 Å². The number of nitrogens with zero attached hydrogens (tertiary/aromatic N) is 3. The molecule has 1 fully saturated rings. The number of aliphatic imine (C=N–C) groups is 1. The van der Waals surface area contributed by atoms with Crippen LogP contribution in [-0.4, -0.2) is 75.1 Å². The molecule has 1 aliphatic heterocycles. The minimum atomic E-state index is -0.229. The van der Waals surface area contributed by atoms with E-state index in [1.54, 1.807) is 30.9 Å². The molecule has 1 saturated heterocycles. The Balaban J connectivity index is 0.00000364. The summed E-state index contributed by atoms with van der Waals surface area (Å²) in [6.07, 6.45) is 2.51. The van der Waals surface area contributed by atoms with Crippen molar-refractivity contribution in [3.63, 3.8) is 0 Å². The van der Waals surface area contributed by atoms with Crippen LogP contribution in [0.1, 0.15) is 6.42 Å². The fourth-order valence-electron chi connectivity index (χ4n) is 2.80. The van der Waals surface area contributed by atoms with Gasteiger partial charge in [-0.3, -0.25) is 9.79 Å². The largest absolute Gasteiger partial charge is 0.368 e. The van der Waals surface area contributed by atoms with E-state index in [4.69, 9.17) is 0 Å². The molecular formula is C18H29FIN5OS. The zero-order valence-corrected chi connectivity index (χ0v) is 19.1. The third kappa shape index (κ3) is 8.12. The Morgan fingerprint density at radius 1 is 1.15 bits per heavy atom. The van der Waals surface area contributed by atoms with E-state index in [2.05, 4.69) is 26.8 Å². The molecule has 0 saturated carbocycles. The number of nitrogens with one attached hydrogen (secondary N) is 2. The van der Waals surface area contributed by atoms with Gasteiger partial charge in [-0.1, -0.05) is 0 Å². The van der Waals surface area contributed by atoms with Crippen LogP contribution in [0, 0.1) is 5.82 Å². The lowest BCUT2D eigenvalue weighted by atomic mass is 10.2. The van der Waals surface area contributed by atoms with Gasteiger partial charge in [-0.25, -0.2) is 4.39 Å². The van der Waals surface area contributed by atoms with Crippen LogP contribution in [0.25, 0.3) is 0 Å². The summed E-state index contributed by atoms with van der Waals surface area (Å²) in [5, 5.41) is 6.39. The number of hydrogen-bond acceptors (Lipinski definition) is 4. The van der Waals surface area contributed by atoms with Crippen molar-refractivity contribution in [2.24, 2.45) is 4.99 Å². The smallest absolute Gasteiger partial charge is 0.224 e. The number of benzene rings is 1. The van der Waals surface area contributed by atoms with E-state index < -0.39 is 0 Å². The van der Waals surface area contributed by atoms with Crippen LogP contribution in [0.2, 0.25) is 0 Å². The quantitative estimate of drug-likeness (QED) is 0.255. The molecule has 27 heavy (non-hydrogen) atoms. The molecule has 0 aliphatic carbocycles. The Bertz CT molecular complexity index is 594. The van der Waals surface area contributed by atoms with Crippen LogP contribution in [0.4, 0.5) is 10.1 Å². The number of carbonyl (C=O) groups is 1. The first-order valence-electron chi connectivity index (χ1n) is 8.86. The lowest BCUT2D eigenvalue weighted by Gasteiger charge is -2.36. The molecule has 0 aromatic heterocycles. The number of anilines is 1. The monoisotopic (exact) mass is 509 g/mol. The Hall–Kier alpha value is -1.23. The van der Waals surface area contributed by atoms with Crippen molar-refractivity contribution in [3.8, 4) is 0 Å². The maximum absolute atomic E-state index is 13.0. The number of hydrogen-bond donors (Lipinski definition) is 2. The summed E-state index contributed by atoms with van der Waals surface area (Å²) in [5.41, 5.74) is 1.00. The zero-order chi connectivity index (χ0) is 18.8. The summed E-state index contributed by atoms with van der Waals surface area (Å²) in [4.78, 5) is 20.6. The Labute approximate surface area is 182 Å². The minimum absolute atomic E-state index is 0. The number of rotatable bonds is 7. The summed E-state index contributed by atoms with van der Waals surface area (Å²) in [6.45, 7) is 4.33. The topological polar surface area (TPSA) is 60.0 Å². The van der Waals surface area contributed by atoms with Gasteiger partial charge in [-0.05, 0) is 30.5 Å². The van der Waals surface area contributed by atoms with Crippen LogP contribution in [0.15, 0.2) is 29.3 Å². The van der Waals surface area contributed by atoms with Crippen LogP contribution >= 0.6 is 35.7 Å². The van der Waals surface area contributed by atoms with Gasteiger partial charge in [0.25, 0.3) is 0 Å². The highest BCUT2D eigenvalue weighted by Crippen LogP contribution is 2.17. The molecule has 0 atom stereocenters. The van der Waals surface area contributed by atoms with Crippen molar-refractivity contribution >= 4 is 53.3 Å². The summed E-state index contributed by atoms with van der Waals surface area (Å²) >= 11 is 1.77. The average molecular weight is 509 g/mol. The molecule has 6 nitrogen and oxygen atoms in total. The van der Waals surface area contributed by atoms with Crippen molar-refractivity contribution in [1.29, 1.82) is 0 Å². The van der Waals surface area contributed by atoms with Crippen LogP contribution in [0.5, 0.6) is 0 Å². The maximum Gasteiger partial charge on any atom is 0.224 e. The molecule has 2 rings (SSSR count). The molecule has 0 spiro atoms. The van der Waals surface area contributed by atoms with Gasteiger partial charge in [-0.15, -0.1) is 24.0 Å². The van der Waals surface area contributed by atoms with E-state index in [1.165, 1.54) is 12.1 Å². The third-order valence-electron chi connectivity index (χ3n) is 4.28. The minimum Gasteiger partial charge on any atom is -0.368 e. The van der Waals surface area contributed by atoms with Crippen molar-refractivity contribution in [2.45, 2.75) is 6.42 Å². The maximum atomic E-state index is 13.0. The molecule has 0 radical (unpaired) electrons. The molecule has 1 amide bonds. The fourth-order valence-corrected chi connectivity index (χ4v) is 3.11. The van der Waals surface area contributed by atoms with E-state index >= 15 is 0 Å². The summed E-state index contributed by atoms with van der Waals surface area (Å²) in [5.74, 6) is 1.66. The molecule has 1 aromatic rings. The normalized spacial score (nSPS) is 14.6. The molecule has 9 heteroatoms. The van der Waals surface area contributed by atoms with Crippen molar-refractivity contribution in [1.82, 2.24) is 15.5 Å². The van der Waals surface area contributed by atoms with Crippen LogP contribution < -0.4 is 15.5 Å². The number of amides is 1. The van der Waals surface area contributed by atoms with E-state index in [-0.39, 0.29) is 35.7 Å². The number of thioether (sulfide) groups is 1. The fraction of sp³-hybridized carbons (Fsp3) is 0.556. The van der Waals surface area contributed by atoms with Gasteiger partial charge in [0.05, 0.1) is 0 Å². The second kappa shape index (κ2) is 13.0. The lowest BCUT2D eigenvalue weighted by molar-refractivity contribution is -0.131. The second-order valence-corrected chi connectivity index (χ2v) is 7.00. The molecule has 2 N–H and O–H groups in total. The zero-order valence-electron chi connectivity index (χ0n) is 15.9. The third-order valence-corrected chi connectivity index (χ3v) is 4.89. The summed E-state index contributed by atoms with van der Waals surface area (Å²) < 4.78 is 13.0. The molecule has 1 heterocycles. The van der Waals surface area contributed by atoms with E-state index in [0.29, 0.717) is 26.1 Å². The van der Waals surface area contributed by atoms with E-state index in [9.17, 15) is 9.18 Å². The number of piperazine rings is 1. The van der Waals surface area contributed by atoms with Crippen molar-refractivity contribution < 1.29 is 9.18 Å². The number of halogens is 2. The predicted molar refractivity (Wildman–Crippen MR) is 123 cm³/mol. The van der Waals surface area contributed by atoms with Gasteiger partial charge in [-0.2, -0.15) is 11.8 Å². The predicted octanol–water partition coefficient (Wildman–Crippen LogP) is 2.01.